The normalized spacial score (nSPS) is 31.1. The highest BCUT2D eigenvalue weighted by Crippen LogP contribution is 2.63. The minimum atomic E-state index is 0.517. The van der Waals surface area contributed by atoms with Crippen molar-refractivity contribution in [2.45, 2.75) is 97.4 Å². The van der Waals surface area contributed by atoms with Crippen LogP contribution in [0.3, 0.4) is 0 Å². The molecule has 3 aliphatic rings. The van der Waals surface area contributed by atoms with Crippen LogP contribution in [0.1, 0.15) is 94.7 Å². The molecule has 0 bridgehead atoms. The lowest BCUT2D eigenvalue weighted by atomic mass is 9.54. The number of unbranched alkanes of at least 4 members (excludes halogenated alkanes) is 1. The van der Waals surface area contributed by atoms with E-state index in [0.717, 1.165) is 55.4 Å². The number of ether oxygens (including phenoxy) is 1. The third kappa shape index (κ3) is 3.88. The zero-order chi connectivity index (χ0) is 22.1. The third-order valence-electron chi connectivity index (χ3n) is 9.44. The summed E-state index contributed by atoms with van der Waals surface area (Å²) in [5.41, 5.74) is 5.20. The second-order valence-corrected chi connectivity index (χ2v) is 10.9. The monoisotopic (exact) mass is 435 g/mol. The fourth-order valence-corrected chi connectivity index (χ4v) is 7.61. The number of aryl methyl sites for hydroxylation is 3. The predicted octanol–water partition coefficient (Wildman–Crippen LogP) is 6.58. The third-order valence-corrected chi connectivity index (χ3v) is 9.44. The number of rotatable bonds is 8. The Kier molecular flexibility index (Phi) is 6.31. The molecule has 0 aliphatic heterocycles. The summed E-state index contributed by atoms with van der Waals surface area (Å²) in [5, 5.41) is 7.97. The Hall–Kier alpha value is -1.84. The molecule has 0 N–H and O–H groups in total. The Morgan fingerprint density at radius 1 is 1.09 bits per heavy atom. The molecule has 32 heavy (non-hydrogen) atoms. The first-order chi connectivity index (χ1) is 15.6. The van der Waals surface area contributed by atoms with Crippen LogP contribution in [0.15, 0.2) is 24.8 Å². The van der Waals surface area contributed by atoms with Crippen molar-refractivity contribution in [3.05, 3.63) is 41.5 Å². The van der Waals surface area contributed by atoms with Crippen LogP contribution in [0.5, 0.6) is 5.75 Å². The number of nitrogens with zero attached hydrogens (tertiary/aromatic N) is 3. The second-order valence-electron chi connectivity index (χ2n) is 10.9. The molecule has 5 rings (SSSR count). The Morgan fingerprint density at radius 2 is 1.94 bits per heavy atom. The van der Waals surface area contributed by atoms with Gasteiger partial charge in [0.05, 0.1) is 6.61 Å². The minimum absolute atomic E-state index is 0.517. The molecule has 1 heterocycles. The van der Waals surface area contributed by atoms with Gasteiger partial charge >= 0.3 is 0 Å². The Morgan fingerprint density at radius 3 is 2.72 bits per heavy atom. The molecule has 0 amide bonds. The average Bonchev–Trinajstić information content (AvgIpc) is 3.44. The lowest BCUT2D eigenvalue weighted by Crippen LogP contribution is -2.42. The first-order valence-corrected chi connectivity index (χ1v) is 13.2. The molecule has 2 fully saturated rings. The lowest BCUT2D eigenvalue weighted by molar-refractivity contribution is 0.0246. The first kappa shape index (κ1) is 22.0. The van der Waals surface area contributed by atoms with E-state index in [-0.39, 0.29) is 0 Å². The van der Waals surface area contributed by atoms with Crippen LogP contribution in [-0.4, -0.2) is 21.4 Å². The molecule has 174 valence electrons. The highest BCUT2D eigenvalue weighted by atomic mass is 16.5. The van der Waals surface area contributed by atoms with Gasteiger partial charge in [-0.05, 0) is 110 Å². The summed E-state index contributed by atoms with van der Waals surface area (Å²) in [6, 6.07) is 4.97. The van der Waals surface area contributed by atoms with Gasteiger partial charge in [-0.15, -0.1) is 10.2 Å². The van der Waals surface area contributed by atoms with Crippen LogP contribution in [0.2, 0.25) is 0 Å². The maximum atomic E-state index is 6.22. The predicted molar refractivity (Wildman–Crippen MR) is 129 cm³/mol. The van der Waals surface area contributed by atoms with Crippen molar-refractivity contribution in [1.29, 1.82) is 0 Å². The molecule has 1 aromatic heterocycles. The Labute approximate surface area is 194 Å². The molecule has 4 nitrogen and oxygen atoms in total. The zero-order valence-corrected chi connectivity index (χ0v) is 20.4. The Balaban J connectivity index is 1.33. The maximum Gasteiger partial charge on any atom is 0.122 e. The molecule has 2 saturated carbocycles. The fraction of sp³-hybridized carbons (Fsp3) is 0.714. The molecular weight excluding hydrogens is 394 g/mol. The second kappa shape index (κ2) is 9.19. The van der Waals surface area contributed by atoms with E-state index in [2.05, 4.69) is 47.7 Å². The summed E-state index contributed by atoms with van der Waals surface area (Å²) < 4.78 is 8.38. The van der Waals surface area contributed by atoms with Crippen LogP contribution >= 0.6 is 0 Å². The fourth-order valence-electron chi connectivity index (χ4n) is 7.61. The van der Waals surface area contributed by atoms with E-state index >= 15 is 0 Å². The van der Waals surface area contributed by atoms with E-state index in [0.29, 0.717) is 5.41 Å². The first-order valence-electron chi connectivity index (χ1n) is 13.2. The maximum absolute atomic E-state index is 6.22. The topological polar surface area (TPSA) is 39.9 Å². The number of hydrogen-bond donors (Lipinski definition) is 0. The Bertz CT molecular complexity index is 908. The molecule has 0 radical (unpaired) electrons. The van der Waals surface area contributed by atoms with Crippen molar-refractivity contribution in [2.24, 2.45) is 23.2 Å². The van der Waals surface area contributed by atoms with Gasteiger partial charge in [-0.25, -0.2) is 0 Å². The van der Waals surface area contributed by atoms with Crippen LogP contribution in [0, 0.1) is 23.2 Å². The number of aromatic nitrogens is 3. The summed E-state index contributed by atoms with van der Waals surface area (Å²) in [6.45, 7) is 9.07. The van der Waals surface area contributed by atoms with Crippen LogP contribution < -0.4 is 4.74 Å². The highest BCUT2D eigenvalue weighted by Gasteiger charge is 2.54. The van der Waals surface area contributed by atoms with E-state index in [1.165, 1.54) is 56.9 Å². The van der Waals surface area contributed by atoms with Gasteiger partial charge in [-0.1, -0.05) is 33.3 Å². The van der Waals surface area contributed by atoms with Crippen LogP contribution in [0.25, 0.3) is 0 Å². The van der Waals surface area contributed by atoms with E-state index < -0.39 is 0 Å². The van der Waals surface area contributed by atoms with Gasteiger partial charge in [0.25, 0.3) is 0 Å². The van der Waals surface area contributed by atoms with Gasteiger partial charge in [0.15, 0.2) is 0 Å². The van der Waals surface area contributed by atoms with E-state index in [1.807, 2.05) is 12.7 Å². The minimum Gasteiger partial charge on any atom is -0.493 e. The molecule has 3 aliphatic carbocycles. The average molecular weight is 436 g/mol. The molecule has 3 unspecified atom stereocenters. The lowest BCUT2D eigenvalue weighted by Gasteiger charge is -2.51. The van der Waals surface area contributed by atoms with E-state index in [9.17, 15) is 0 Å². The largest absolute Gasteiger partial charge is 0.493 e. The van der Waals surface area contributed by atoms with Crippen molar-refractivity contribution in [3.8, 4) is 5.75 Å². The van der Waals surface area contributed by atoms with Gasteiger partial charge in [0.2, 0.25) is 0 Å². The molecule has 0 spiro atoms. The van der Waals surface area contributed by atoms with Crippen molar-refractivity contribution in [3.63, 3.8) is 0 Å². The van der Waals surface area contributed by atoms with Crippen molar-refractivity contribution in [2.75, 3.05) is 6.61 Å². The van der Waals surface area contributed by atoms with Gasteiger partial charge in [0, 0.05) is 6.54 Å². The number of fused-ring (bicyclic) bond motifs is 5. The molecule has 1 aromatic carbocycles. The van der Waals surface area contributed by atoms with Crippen LogP contribution in [0.4, 0.5) is 0 Å². The van der Waals surface area contributed by atoms with Gasteiger partial charge in [0.1, 0.15) is 18.4 Å². The van der Waals surface area contributed by atoms with Crippen molar-refractivity contribution in [1.82, 2.24) is 14.8 Å². The standard InChI is InChI=1S/C28H41N3O/c1-4-6-15-32-27-17-21-7-9-24-23(25(21)16-20(27)5-2)11-13-28(3)22(8-10-26(24)28)12-14-31-18-29-30-19-31/h16-19,22-24,26H,4-15H2,1-3H3/t22-,23?,24?,26?,28-/m1/s1. The number of hydrogen-bond acceptors (Lipinski definition) is 3. The summed E-state index contributed by atoms with van der Waals surface area (Å²) >= 11 is 0. The van der Waals surface area contributed by atoms with Gasteiger partial charge in [-0.2, -0.15) is 0 Å². The molecule has 4 heteroatoms. The molecule has 2 aromatic rings. The summed E-state index contributed by atoms with van der Waals surface area (Å²) in [5.74, 6) is 4.54. The SMILES string of the molecule is CCCCOc1cc2c(cc1CC)C1CC[C@@]3(C)C(CC[C@@H]3CCn3cnnc3)C1CC2. The van der Waals surface area contributed by atoms with Crippen molar-refractivity contribution >= 4 is 0 Å². The molecule has 0 saturated heterocycles. The molecule has 5 atom stereocenters. The number of benzene rings is 1. The quantitative estimate of drug-likeness (QED) is 0.440. The smallest absolute Gasteiger partial charge is 0.122 e. The highest BCUT2D eigenvalue weighted by molar-refractivity contribution is 5.46. The van der Waals surface area contributed by atoms with Crippen LogP contribution in [-0.2, 0) is 19.4 Å². The van der Waals surface area contributed by atoms with E-state index in [4.69, 9.17) is 4.74 Å². The van der Waals surface area contributed by atoms with Gasteiger partial charge < -0.3 is 9.30 Å². The van der Waals surface area contributed by atoms with Crippen molar-refractivity contribution < 1.29 is 4.74 Å². The van der Waals surface area contributed by atoms with E-state index in [1.54, 1.807) is 11.1 Å². The summed E-state index contributed by atoms with van der Waals surface area (Å²) in [7, 11) is 0. The molecular formula is C28H41N3O. The van der Waals surface area contributed by atoms with Gasteiger partial charge in [-0.3, -0.25) is 0 Å². The zero-order valence-electron chi connectivity index (χ0n) is 20.4. The summed E-state index contributed by atoms with van der Waals surface area (Å²) in [4.78, 5) is 0. The summed E-state index contributed by atoms with van der Waals surface area (Å²) in [6.07, 6.45) is 16.6.